The van der Waals surface area contributed by atoms with Crippen LogP contribution in [0.3, 0.4) is 0 Å². The lowest BCUT2D eigenvalue weighted by Gasteiger charge is -2.25. The van der Waals surface area contributed by atoms with Gasteiger partial charge in [-0.1, -0.05) is 19.3 Å². The molecule has 188 valence electrons. The van der Waals surface area contributed by atoms with E-state index in [9.17, 15) is 14.4 Å². The summed E-state index contributed by atoms with van der Waals surface area (Å²) >= 11 is 2.86. The van der Waals surface area contributed by atoms with E-state index in [0.717, 1.165) is 35.7 Å². The first kappa shape index (κ1) is 25.7. The fraction of sp³-hybridized carbons (Fsp3) is 0.360. The van der Waals surface area contributed by atoms with Crippen molar-refractivity contribution in [1.29, 1.82) is 5.26 Å². The van der Waals surface area contributed by atoms with Crippen molar-refractivity contribution >= 4 is 51.4 Å². The number of pyridine rings is 1. The average Bonchev–Trinajstić information content (AvgIpc) is 3.43. The summed E-state index contributed by atoms with van der Waals surface area (Å²) in [5.74, 6) is -0.403. The molecule has 1 amide bonds. The molecular weight excluding hydrogens is 497 g/mol. The van der Waals surface area contributed by atoms with E-state index in [4.69, 9.17) is 0 Å². The number of benzene rings is 1. The highest BCUT2D eigenvalue weighted by molar-refractivity contribution is 8.00. The van der Waals surface area contributed by atoms with Crippen LogP contribution in [0.15, 0.2) is 46.9 Å². The summed E-state index contributed by atoms with van der Waals surface area (Å²) in [6.07, 6.45) is 8.45. The smallest absolute Gasteiger partial charge is 0.223 e. The zero-order valence-corrected chi connectivity index (χ0v) is 21.6. The zero-order chi connectivity index (χ0) is 25.3. The average molecular weight is 526 g/mol. The number of hydrogen-bond acceptors (Lipinski definition) is 9. The summed E-state index contributed by atoms with van der Waals surface area (Å²) in [5.41, 5.74) is 2.18. The van der Waals surface area contributed by atoms with Crippen LogP contribution in [-0.4, -0.2) is 36.0 Å². The molecule has 2 aromatic heterocycles. The van der Waals surface area contributed by atoms with Crippen molar-refractivity contribution in [2.45, 2.75) is 37.0 Å². The van der Waals surface area contributed by atoms with Gasteiger partial charge in [0.15, 0.2) is 5.13 Å². The number of likely N-dealkylation sites (N-methyl/N-ethyl adjacent to an activating group) is 1. The SMILES string of the molecule is CN(CCNC(=O)C1CCCCC1)c1cc(F)ncc1Nc1ccc(SNc2nccs2)cc1C#N. The van der Waals surface area contributed by atoms with E-state index in [1.54, 1.807) is 12.3 Å². The monoisotopic (exact) mass is 525 g/mol. The highest BCUT2D eigenvalue weighted by Gasteiger charge is 2.21. The predicted octanol–water partition coefficient (Wildman–Crippen LogP) is 5.54. The highest BCUT2D eigenvalue weighted by Crippen LogP contribution is 2.32. The molecule has 1 aliphatic carbocycles. The van der Waals surface area contributed by atoms with Gasteiger partial charge in [-0.3, -0.25) is 4.79 Å². The fourth-order valence-corrected chi connectivity index (χ4v) is 5.38. The van der Waals surface area contributed by atoms with Gasteiger partial charge in [0.1, 0.15) is 6.07 Å². The van der Waals surface area contributed by atoms with E-state index < -0.39 is 5.95 Å². The molecule has 0 saturated heterocycles. The Morgan fingerprint density at radius 1 is 1.25 bits per heavy atom. The number of carbonyl (C=O) groups excluding carboxylic acids is 1. The summed E-state index contributed by atoms with van der Waals surface area (Å²) in [6.45, 7) is 0.955. The first-order valence-electron chi connectivity index (χ1n) is 11.8. The van der Waals surface area contributed by atoms with Crippen LogP contribution in [-0.2, 0) is 4.79 Å². The van der Waals surface area contributed by atoms with Gasteiger partial charge in [-0.2, -0.15) is 9.65 Å². The van der Waals surface area contributed by atoms with Gasteiger partial charge in [-0.05, 0) is 43.0 Å². The maximum absolute atomic E-state index is 14.0. The Bertz CT molecular complexity index is 1210. The molecule has 3 N–H and O–H groups in total. The summed E-state index contributed by atoms with van der Waals surface area (Å²) in [6, 6.07) is 9.03. The Hall–Kier alpha value is -3.36. The third kappa shape index (κ3) is 6.86. The van der Waals surface area contributed by atoms with Gasteiger partial charge >= 0.3 is 0 Å². The van der Waals surface area contributed by atoms with Crippen molar-refractivity contribution < 1.29 is 9.18 Å². The summed E-state index contributed by atoms with van der Waals surface area (Å²) in [7, 11) is 1.84. The van der Waals surface area contributed by atoms with Crippen LogP contribution in [0.5, 0.6) is 0 Å². The van der Waals surface area contributed by atoms with Gasteiger partial charge in [0.05, 0.1) is 28.8 Å². The number of hydrogen-bond donors (Lipinski definition) is 3. The minimum Gasteiger partial charge on any atom is -0.371 e. The Morgan fingerprint density at radius 3 is 2.83 bits per heavy atom. The van der Waals surface area contributed by atoms with Crippen LogP contribution in [0.4, 0.5) is 26.6 Å². The maximum Gasteiger partial charge on any atom is 0.223 e. The number of nitrogens with one attached hydrogen (secondary N) is 3. The van der Waals surface area contributed by atoms with Gasteiger partial charge < -0.3 is 20.3 Å². The molecule has 0 unspecified atom stereocenters. The van der Waals surface area contributed by atoms with Gasteiger partial charge in [-0.25, -0.2) is 9.97 Å². The minimum atomic E-state index is -0.603. The Kier molecular flexibility index (Phi) is 8.97. The number of aromatic nitrogens is 2. The second kappa shape index (κ2) is 12.6. The van der Waals surface area contributed by atoms with E-state index in [1.807, 2.05) is 29.5 Å². The molecule has 8 nitrogen and oxygen atoms in total. The van der Waals surface area contributed by atoms with Crippen LogP contribution in [0.25, 0.3) is 0 Å². The molecule has 0 spiro atoms. The maximum atomic E-state index is 14.0. The van der Waals surface area contributed by atoms with Crippen LogP contribution < -0.4 is 20.3 Å². The lowest BCUT2D eigenvalue weighted by Crippen LogP contribution is -2.37. The largest absolute Gasteiger partial charge is 0.371 e. The lowest BCUT2D eigenvalue weighted by molar-refractivity contribution is -0.125. The molecule has 0 atom stereocenters. The number of halogens is 1. The van der Waals surface area contributed by atoms with Crippen molar-refractivity contribution in [2.75, 3.05) is 35.1 Å². The van der Waals surface area contributed by atoms with Crippen LogP contribution in [0.1, 0.15) is 37.7 Å². The molecule has 4 rings (SSSR count). The van der Waals surface area contributed by atoms with Gasteiger partial charge in [0.25, 0.3) is 0 Å². The molecule has 0 radical (unpaired) electrons. The van der Waals surface area contributed by atoms with Crippen LogP contribution >= 0.6 is 23.3 Å². The normalized spacial score (nSPS) is 13.6. The van der Waals surface area contributed by atoms with Crippen molar-refractivity contribution in [3.05, 3.63) is 53.6 Å². The van der Waals surface area contributed by atoms with Crippen molar-refractivity contribution in [1.82, 2.24) is 15.3 Å². The third-order valence-corrected chi connectivity index (χ3v) is 7.65. The predicted molar refractivity (Wildman–Crippen MR) is 143 cm³/mol. The summed E-state index contributed by atoms with van der Waals surface area (Å²) in [5, 5.41) is 18.6. The molecule has 0 bridgehead atoms. The number of anilines is 4. The Morgan fingerprint density at radius 2 is 2.08 bits per heavy atom. The molecule has 1 saturated carbocycles. The molecular formula is C25H28FN7OS2. The number of rotatable bonds is 10. The molecule has 11 heteroatoms. The fourth-order valence-electron chi connectivity index (χ4n) is 4.12. The van der Waals surface area contributed by atoms with Gasteiger partial charge in [-0.15, -0.1) is 11.3 Å². The zero-order valence-electron chi connectivity index (χ0n) is 20.0. The second-order valence-corrected chi connectivity index (χ2v) is 10.3. The molecule has 36 heavy (non-hydrogen) atoms. The van der Waals surface area contributed by atoms with Crippen molar-refractivity contribution in [2.24, 2.45) is 5.92 Å². The van der Waals surface area contributed by atoms with E-state index >= 15 is 0 Å². The van der Waals surface area contributed by atoms with Gasteiger partial charge in [0, 0.05) is 48.6 Å². The Labute approximate surface area is 218 Å². The van der Waals surface area contributed by atoms with E-state index in [1.165, 1.54) is 42.0 Å². The molecule has 3 aromatic rings. The Balaban J connectivity index is 1.40. The van der Waals surface area contributed by atoms with Crippen molar-refractivity contribution in [3.63, 3.8) is 0 Å². The standard InChI is InChI=1S/C25H28FN7OS2/c1-33(11-9-28-24(34)17-5-3-2-4-6-17)22-14-23(26)30-16-21(22)31-20-8-7-19(13-18(20)15-27)36-32-25-29-10-12-35-25/h7-8,10,12-14,16-17,31H,2-6,9,11H2,1H3,(H,28,34)(H,29,32). The lowest BCUT2D eigenvalue weighted by atomic mass is 9.89. The first-order valence-corrected chi connectivity index (χ1v) is 13.5. The topological polar surface area (TPSA) is 106 Å². The second-order valence-electron chi connectivity index (χ2n) is 8.56. The molecule has 1 aliphatic rings. The van der Waals surface area contributed by atoms with Crippen LogP contribution in [0.2, 0.25) is 0 Å². The van der Waals surface area contributed by atoms with E-state index in [-0.39, 0.29) is 11.8 Å². The van der Waals surface area contributed by atoms with Crippen LogP contribution in [0, 0.1) is 23.2 Å². The molecule has 1 aromatic carbocycles. The number of thiazole rings is 1. The molecule has 0 aliphatic heterocycles. The third-order valence-electron chi connectivity index (χ3n) is 6.05. The first-order chi connectivity index (χ1) is 17.5. The minimum absolute atomic E-state index is 0.0990. The number of nitrogens with zero attached hydrogens (tertiary/aromatic N) is 4. The molecule has 1 fully saturated rings. The molecule has 2 heterocycles. The van der Waals surface area contributed by atoms with Gasteiger partial charge in [0.2, 0.25) is 11.9 Å². The number of nitriles is 1. The quantitative estimate of drug-likeness (QED) is 0.234. The number of carbonyl (C=O) groups is 1. The van der Waals surface area contributed by atoms with Crippen molar-refractivity contribution in [3.8, 4) is 6.07 Å². The summed E-state index contributed by atoms with van der Waals surface area (Å²) < 4.78 is 17.2. The highest BCUT2D eigenvalue weighted by atomic mass is 32.2. The van der Waals surface area contributed by atoms with E-state index in [0.29, 0.717) is 35.7 Å². The number of amides is 1. The summed E-state index contributed by atoms with van der Waals surface area (Å²) in [4.78, 5) is 23.1. The van der Waals surface area contributed by atoms with E-state index in [2.05, 4.69) is 31.4 Å².